The van der Waals surface area contributed by atoms with Crippen molar-refractivity contribution in [1.29, 1.82) is 0 Å². The third-order valence-corrected chi connectivity index (χ3v) is 15.8. The summed E-state index contributed by atoms with van der Waals surface area (Å²) in [7, 11) is -7.74. The van der Waals surface area contributed by atoms with Gasteiger partial charge in [0.1, 0.15) is 16.9 Å². The molecular formula is C45H47ClF7N7O4S3. The van der Waals surface area contributed by atoms with Gasteiger partial charge in [0.15, 0.2) is 0 Å². The molecule has 5 aromatic rings. The lowest BCUT2D eigenvalue weighted by Gasteiger charge is -2.42. The number of sulfonamides is 1. The Balaban J connectivity index is 1.12. The van der Waals surface area contributed by atoms with Crippen LogP contribution in [0.4, 0.5) is 42.2 Å². The molecule has 0 aliphatic carbocycles. The minimum absolute atomic E-state index is 0.0273. The van der Waals surface area contributed by atoms with E-state index in [1.165, 1.54) is 11.8 Å². The van der Waals surface area contributed by atoms with Crippen LogP contribution in [-0.4, -0.2) is 111 Å². The van der Waals surface area contributed by atoms with Gasteiger partial charge in [0.05, 0.1) is 16.3 Å². The highest BCUT2D eigenvalue weighted by molar-refractivity contribution is 7.99. The van der Waals surface area contributed by atoms with Crippen LogP contribution in [0.5, 0.6) is 0 Å². The summed E-state index contributed by atoms with van der Waals surface area (Å²) in [4.78, 5) is 11.2. The van der Waals surface area contributed by atoms with Gasteiger partial charge in [0.2, 0.25) is 5.82 Å². The van der Waals surface area contributed by atoms with Gasteiger partial charge < -0.3 is 10.2 Å². The Morgan fingerprint density at radius 2 is 1.60 bits per heavy atom. The molecule has 0 saturated carbocycles. The summed E-state index contributed by atoms with van der Waals surface area (Å²) >= 11 is 7.46. The monoisotopic (exact) mass is 1010 g/mol. The highest BCUT2D eigenvalue weighted by atomic mass is 35.5. The van der Waals surface area contributed by atoms with Gasteiger partial charge in [-0.1, -0.05) is 66.2 Å². The van der Waals surface area contributed by atoms with Gasteiger partial charge in [0, 0.05) is 66.0 Å². The molecule has 0 amide bonds. The van der Waals surface area contributed by atoms with Crippen molar-refractivity contribution in [1.82, 2.24) is 24.7 Å². The summed E-state index contributed by atoms with van der Waals surface area (Å²) in [6.07, 6.45) is -6.02. The fourth-order valence-electron chi connectivity index (χ4n) is 8.13. The van der Waals surface area contributed by atoms with E-state index in [1.807, 2.05) is 69.1 Å². The molecule has 2 N–H and O–H groups in total. The quantitative estimate of drug-likeness (QED) is 0.0725. The fraction of sp³-hybridized carbons (Fsp3) is 0.378. The number of piperidine rings is 1. The number of hydrogen-bond donors (Lipinski definition) is 2. The van der Waals surface area contributed by atoms with Gasteiger partial charge >= 0.3 is 11.7 Å². The third kappa shape index (κ3) is 12.2. The highest BCUT2D eigenvalue weighted by Crippen LogP contribution is 2.39. The Hall–Kier alpha value is -4.51. The Morgan fingerprint density at radius 1 is 0.896 bits per heavy atom. The van der Waals surface area contributed by atoms with Gasteiger partial charge in [0.25, 0.3) is 19.9 Å². The molecular weight excluding hydrogens is 967 g/mol. The number of anilines is 2. The largest absolute Gasteiger partial charge is 0.501 e. The molecule has 0 spiro atoms. The van der Waals surface area contributed by atoms with Crippen molar-refractivity contribution in [2.75, 3.05) is 56.1 Å². The first-order valence-electron chi connectivity index (χ1n) is 21.1. The summed E-state index contributed by atoms with van der Waals surface area (Å²) in [6, 6.07) is 24.9. The standard InChI is InChI=1S/C45H47ClF7N7O4S3/c1-58(2)21-18-32(28-65-33-9-4-3-5-10-33)54-38-17-16-34(24-41(38)66(61,62)45(51,52)53)67(63,64)57-42-36-19-23-60(27-39(36)55-43(56-42)44(48,49)50)40-20-22-59(26-37(40)47)25-30-8-6-7-11-35(30)29-12-14-31(46)15-13-29/h3-17,24,32,37,40,54H,18-23,25-28H2,1-2H3,(H,55,56,57)/t32-,37+,40+/m1/s1. The van der Waals surface area contributed by atoms with E-state index in [9.17, 15) is 43.2 Å². The Bertz CT molecular complexity index is 2750. The van der Waals surface area contributed by atoms with Gasteiger partial charge in [-0.25, -0.2) is 31.2 Å². The second-order valence-corrected chi connectivity index (χ2v) is 21.7. The molecule has 7 rings (SSSR count). The van der Waals surface area contributed by atoms with Crippen LogP contribution in [0, 0.1) is 0 Å². The van der Waals surface area contributed by atoms with Crippen LogP contribution in [0.2, 0.25) is 5.02 Å². The first kappa shape index (κ1) is 50.4. The minimum atomic E-state index is -6.19. The number of alkyl halides is 7. The lowest BCUT2D eigenvalue weighted by molar-refractivity contribution is -0.145. The normalized spacial score (nSPS) is 18.1. The summed E-state index contributed by atoms with van der Waals surface area (Å²) in [5, 5.41) is 3.47. The number of nitrogens with zero attached hydrogens (tertiary/aromatic N) is 5. The number of nitrogens with one attached hydrogen (secondary N) is 2. The molecule has 3 atom stereocenters. The van der Waals surface area contributed by atoms with Crippen LogP contribution in [-0.2, 0) is 45.5 Å². The molecule has 1 saturated heterocycles. The van der Waals surface area contributed by atoms with Crippen molar-refractivity contribution in [2.45, 2.75) is 77.0 Å². The van der Waals surface area contributed by atoms with E-state index in [-0.39, 0.29) is 43.1 Å². The van der Waals surface area contributed by atoms with Gasteiger partial charge in [-0.2, -0.15) is 26.3 Å². The molecule has 0 bridgehead atoms. The maximum Gasteiger partial charge on any atom is 0.501 e. The van der Waals surface area contributed by atoms with Crippen LogP contribution >= 0.6 is 23.4 Å². The predicted molar refractivity (Wildman–Crippen MR) is 245 cm³/mol. The first-order valence-corrected chi connectivity index (χ1v) is 25.4. The zero-order chi connectivity index (χ0) is 48.3. The Labute approximate surface area is 394 Å². The predicted octanol–water partition coefficient (Wildman–Crippen LogP) is 9.41. The van der Waals surface area contributed by atoms with Crippen LogP contribution in [0.25, 0.3) is 11.1 Å². The summed E-state index contributed by atoms with van der Waals surface area (Å²) in [5.74, 6) is -2.20. The Kier molecular flexibility index (Phi) is 15.5. The zero-order valence-electron chi connectivity index (χ0n) is 36.2. The average molecular weight is 1010 g/mol. The van der Waals surface area contributed by atoms with Crippen LogP contribution in [0.1, 0.15) is 35.5 Å². The highest BCUT2D eigenvalue weighted by Gasteiger charge is 2.49. The number of likely N-dealkylation sites (tertiary alicyclic amines) is 1. The maximum atomic E-state index is 16.1. The number of rotatable bonds is 16. The number of aromatic nitrogens is 2. The van der Waals surface area contributed by atoms with Crippen molar-refractivity contribution in [3.8, 4) is 11.1 Å². The third-order valence-electron chi connectivity index (χ3n) is 11.5. The molecule has 360 valence electrons. The Morgan fingerprint density at radius 3 is 2.27 bits per heavy atom. The molecule has 67 heavy (non-hydrogen) atoms. The molecule has 0 unspecified atom stereocenters. The molecule has 2 aliphatic rings. The van der Waals surface area contributed by atoms with E-state index in [4.69, 9.17) is 11.6 Å². The number of benzene rings is 4. The van der Waals surface area contributed by atoms with Crippen molar-refractivity contribution < 1.29 is 47.6 Å². The smallest absolute Gasteiger partial charge is 0.380 e. The van der Waals surface area contributed by atoms with E-state index in [0.29, 0.717) is 43.6 Å². The van der Waals surface area contributed by atoms with E-state index < -0.39 is 76.9 Å². The number of sulfone groups is 1. The molecule has 1 aromatic heterocycles. The molecule has 3 heterocycles. The fourth-order valence-corrected chi connectivity index (χ4v) is 11.3. The SMILES string of the molecule is CN(C)CC[C@H](CSc1ccccc1)Nc1ccc(S(=O)(=O)Nc2nc(C(F)(F)F)nc3c2CCN([C@H]2CCN(Cc4ccccc4-c4ccc(Cl)cc4)C[C@@H]2F)C3)cc1S(=O)(=O)C(F)(F)F. The molecule has 0 radical (unpaired) electrons. The van der Waals surface area contributed by atoms with Gasteiger partial charge in [-0.05, 0) is 99.1 Å². The number of hydrogen-bond acceptors (Lipinski definition) is 11. The van der Waals surface area contributed by atoms with Crippen molar-refractivity contribution in [3.63, 3.8) is 0 Å². The van der Waals surface area contributed by atoms with E-state index >= 15 is 4.39 Å². The van der Waals surface area contributed by atoms with Crippen molar-refractivity contribution in [3.05, 3.63) is 125 Å². The average Bonchev–Trinajstić information content (AvgIpc) is 3.27. The molecule has 11 nitrogen and oxygen atoms in total. The summed E-state index contributed by atoms with van der Waals surface area (Å²) in [5.41, 5.74) is -3.74. The molecule has 4 aromatic carbocycles. The molecule has 2 aliphatic heterocycles. The minimum Gasteiger partial charge on any atom is -0.380 e. The number of thioether (sulfide) groups is 1. The zero-order valence-corrected chi connectivity index (χ0v) is 39.4. The van der Waals surface area contributed by atoms with Gasteiger partial charge in [-0.15, -0.1) is 11.8 Å². The lowest BCUT2D eigenvalue weighted by atomic mass is 9.95. The van der Waals surface area contributed by atoms with E-state index in [2.05, 4.69) is 15.3 Å². The van der Waals surface area contributed by atoms with Crippen LogP contribution in [0.15, 0.2) is 112 Å². The second-order valence-electron chi connectivity index (χ2n) is 16.6. The van der Waals surface area contributed by atoms with Gasteiger partial charge in [-0.3, -0.25) is 14.5 Å². The van der Waals surface area contributed by atoms with Crippen LogP contribution in [0.3, 0.4) is 0 Å². The molecule has 22 heteroatoms. The van der Waals surface area contributed by atoms with Crippen LogP contribution < -0.4 is 10.0 Å². The summed E-state index contributed by atoms with van der Waals surface area (Å²) in [6.45, 7) is 1.21. The van der Waals surface area contributed by atoms with E-state index in [1.54, 1.807) is 43.3 Å². The lowest BCUT2D eigenvalue weighted by Crippen LogP contribution is -2.53. The molecule has 1 fully saturated rings. The van der Waals surface area contributed by atoms with Crippen molar-refractivity contribution >= 4 is 54.7 Å². The van der Waals surface area contributed by atoms with E-state index in [0.717, 1.165) is 33.7 Å². The number of fused-ring (bicyclic) bond motifs is 1. The second kappa shape index (κ2) is 20.6. The van der Waals surface area contributed by atoms with Crippen molar-refractivity contribution in [2.24, 2.45) is 0 Å². The topological polar surface area (TPSA) is 128 Å². The number of halogens is 8. The maximum absolute atomic E-state index is 16.1. The summed E-state index contributed by atoms with van der Waals surface area (Å²) < 4.78 is 158. The first-order chi connectivity index (χ1) is 31.6.